The quantitative estimate of drug-likeness (QED) is 0.941. The van der Waals surface area contributed by atoms with Crippen LogP contribution in [0.25, 0.3) is 10.4 Å². The Kier molecular flexibility index (Phi) is 3.55. The highest BCUT2D eigenvalue weighted by Gasteiger charge is 2.22. The van der Waals surface area contributed by atoms with Crippen molar-refractivity contribution in [1.29, 1.82) is 0 Å². The van der Waals surface area contributed by atoms with Crippen LogP contribution in [-0.4, -0.2) is 29.3 Å². The van der Waals surface area contributed by atoms with Gasteiger partial charge in [-0.25, -0.2) is 9.78 Å². The van der Waals surface area contributed by atoms with E-state index in [-0.39, 0.29) is 11.6 Å². The summed E-state index contributed by atoms with van der Waals surface area (Å²) in [6, 6.07) is 5.47. The summed E-state index contributed by atoms with van der Waals surface area (Å²) in [4.78, 5) is 16.3. The lowest BCUT2D eigenvalue weighted by atomic mass is 10.1. The van der Waals surface area contributed by atoms with Gasteiger partial charge in [0.2, 0.25) is 0 Å². The molecule has 21 heavy (non-hydrogen) atoms. The number of nitrogens with zero attached hydrogens (tertiary/aromatic N) is 1. The molecule has 0 aliphatic carbocycles. The zero-order chi connectivity index (χ0) is 15.0. The summed E-state index contributed by atoms with van der Waals surface area (Å²) in [5, 5.41) is 10.2. The standard InChI is InChI=1S/C15H15NO4S/c1-8(2)14-16-12(15(17)18)13(21-14)9-3-4-10-11(7-9)20-6-5-19-10/h3-4,7-8H,5-6H2,1-2H3,(H,17,18). The molecule has 1 aliphatic heterocycles. The Morgan fingerprint density at radius 2 is 2.00 bits per heavy atom. The Morgan fingerprint density at radius 3 is 2.67 bits per heavy atom. The molecule has 5 nitrogen and oxygen atoms in total. The van der Waals surface area contributed by atoms with Gasteiger partial charge in [0.05, 0.1) is 9.88 Å². The van der Waals surface area contributed by atoms with Crippen LogP contribution in [0.2, 0.25) is 0 Å². The van der Waals surface area contributed by atoms with Crippen LogP contribution >= 0.6 is 11.3 Å². The number of benzene rings is 1. The maximum absolute atomic E-state index is 11.4. The maximum atomic E-state index is 11.4. The molecule has 0 unspecified atom stereocenters. The van der Waals surface area contributed by atoms with Gasteiger partial charge in [-0.15, -0.1) is 11.3 Å². The molecule has 0 amide bonds. The van der Waals surface area contributed by atoms with Crippen molar-refractivity contribution in [2.75, 3.05) is 13.2 Å². The van der Waals surface area contributed by atoms with Crippen molar-refractivity contribution in [3.05, 3.63) is 28.9 Å². The number of rotatable bonds is 3. The number of carbonyl (C=O) groups is 1. The van der Waals surface area contributed by atoms with Crippen LogP contribution in [0.4, 0.5) is 0 Å². The Bertz CT molecular complexity index is 693. The number of aromatic carboxylic acids is 1. The molecule has 2 heterocycles. The molecule has 0 saturated carbocycles. The van der Waals surface area contributed by atoms with E-state index in [1.807, 2.05) is 32.0 Å². The second-order valence-corrected chi connectivity index (χ2v) is 6.08. The van der Waals surface area contributed by atoms with E-state index in [1.165, 1.54) is 11.3 Å². The predicted molar refractivity (Wildman–Crippen MR) is 79.6 cm³/mol. The summed E-state index contributed by atoms with van der Waals surface area (Å²) in [5.74, 6) is 0.521. The molecule has 1 aromatic carbocycles. The third-order valence-electron chi connectivity index (χ3n) is 3.14. The molecular weight excluding hydrogens is 290 g/mol. The van der Waals surface area contributed by atoms with Gasteiger partial charge in [-0.2, -0.15) is 0 Å². The van der Waals surface area contributed by atoms with E-state index in [2.05, 4.69) is 4.98 Å². The van der Waals surface area contributed by atoms with Gasteiger partial charge in [0.25, 0.3) is 0 Å². The topological polar surface area (TPSA) is 68.7 Å². The molecule has 6 heteroatoms. The zero-order valence-corrected chi connectivity index (χ0v) is 12.6. The Morgan fingerprint density at radius 1 is 1.29 bits per heavy atom. The predicted octanol–water partition coefficient (Wildman–Crippen LogP) is 3.40. The second-order valence-electron chi connectivity index (χ2n) is 5.05. The molecule has 0 atom stereocenters. The van der Waals surface area contributed by atoms with Crippen molar-refractivity contribution in [3.8, 4) is 21.9 Å². The van der Waals surface area contributed by atoms with Gasteiger partial charge in [-0.05, 0) is 23.8 Å². The lowest BCUT2D eigenvalue weighted by Crippen LogP contribution is -2.15. The maximum Gasteiger partial charge on any atom is 0.356 e. The van der Waals surface area contributed by atoms with E-state index in [0.717, 1.165) is 10.6 Å². The molecule has 0 bridgehead atoms. The van der Waals surface area contributed by atoms with E-state index < -0.39 is 5.97 Å². The minimum atomic E-state index is -1.01. The van der Waals surface area contributed by atoms with Crippen molar-refractivity contribution in [2.45, 2.75) is 19.8 Å². The first-order valence-electron chi connectivity index (χ1n) is 6.70. The van der Waals surface area contributed by atoms with Crippen molar-refractivity contribution >= 4 is 17.3 Å². The van der Waals surface area contributed by atoms with Crippen molar-refractivity contribution in [3.63, 3.8) is 0 Å². The number of hydrogen-bond donors (Lipinski definition) is 1. The van der Waals surface area contributed by atoms with Crippen LogP contribution in [0.1, 0.15) is 35.3 Å². The van der Waals surface area contributed by atoms with Crippen LogP contribution in [0.3, 0.4) is 0 Å². The second kappa shape index (κ2) is 5.37. The zero-order valence-electron chi connectivity index (χ0n) is 11.8. The fraction of sp³-hybridized carbons (Fsp3) is 0.333. The van der Waals surface area contributed by atoms with Crippen molar-refractivity contribution in [1.82, 2.24) is 4.98 Å². The average Bonchev–Trinajstić information content (AvgIpc) is 2.92. The van der Waals surface area contributed by atoms with Crippen LogP contribution in [-0.2, 0) is 0 Å². The fourth-order valence-corrected chi connectivity index (χ4v) is 3.17. The van der Waals surface area contributed by atoms with E-state index in [9.17, 15) is 9.90 Å². The Hall–Kier alpha value is -2.08. The molecule has 110 valence electrons. The molecule has 1 N–H and O–H groups in total. The molecule has 1 aliphatic rings. The Balaban J connectivity index is 2.09. The molecule has 2 aromatic rings. The first-order chi connectivity index (χ1) is 10.1. The minimum Gasteiger partial charge on any atom is -0.486 e. The van der Waals surface area contributed by atoms with Crippen LogP contribution in [0, 0.1) is 0 Å². The highest BCUT2D eigenvalue weighted by molar-refractivity contribution is 7.15. The largest absolute Gasteiger partial charge is 0.486 e. The summed E-state index contributed by atoms with van der Waals surface area (Å²) < 4.78 is 11.0. The van der Waals surface area contributed by atoms with Gasteiger partial charge in [-0.3, -0.25) is 0 Å². The van der Waals surface area contributed by atoms with Crippen LogP contribution in [0.5, 0.6) is 11.5 Å². The first-order valence-corrected chi connectivity index (χ1v) is 7.52. The van der Waals surface area contributed by atoms with Gasteiger partial charge < -0.3 is 14.6 Å². The average molecular weight is 305 g/mol. The number of ether oxygens (including phenoxy) is 2. The third-order valence-corrected chi connectivity index (χ3v) is 4.55. The van der Waals surface area contributed by atoms with Gasteiger partial charge >= 0.3 is 5.97 Å². The number of carboxylic acid groups (broad SMARTS) is 1. The number of thiazole rings is 1. The van der Waals surface area contributed by atoms with Crippen molar-refractivity contribution in [2.24, 2.45) is 0 Å². The number of fused-ring (bicyclic) bond motifs is 1. The van der Waals surface area contributed by atoms with Crippen LogP contribution < -0.4 is 9.47 Å². The fourth-order valence-electron chi connectivity index (χ4n) is 2.11. The van der Waals surface area contributed by atoms with E-state index in [1.54, 1.807) is 0 Å². The van der Waals surface area contributed by atoms with Gasteiger partial charge in [0.1, 0.15) is 13.2 Å². The first kappa shape index (κ1) is 13.9. The molecule has 0 saturated heterocycles. The molecule has 1 aromatic heterocycles. The SMILES string of the molecule is CC(C)c1nc(C(=O)O)c(-c2ccc3c(c2)OCCO3)s1. The number of hydrogen-bond acceptors (Lipinski definition) is 5. The number of aromatic nitrogens is 1. The van der Waals surface area contributed by atoms with Gasteiger partial charge in [0, 0.05) is 5.92 Å². The Labute approximate surface area is 126 Å². The van der Waals surface area contributed by atoms with E-state index in [0.29, 0.717) is 29.6 Å². The van der Waals surface area contributed by atoms with E-state index >= 15 is 0 Å². The molecule has 3 rings (SSSR count). The van der Waals surface area contributed by atoms with E-state index in [4.69, 9.17) is 9.47 Å². The highest BCUT2D eigenvalue weighted by atomic mass is 32.1. The van der Waals surface area contributed by atoms with Gasteiger partial charge in [-0.1, -0.05) is 13.8 Å². The smallest absolute Gasteiger partial charge is 0.356 e. The summed E-state index contributed by atoms with van der Waals surface area (Å²) in [7, 11) is 0. The normalized spacial score (nSPS) is 13.5. The van der Waals surface area contributed by atoms with Crippen LogP contribution in [0.15, 0.2) is 18.2 Å². The molecular formula is C15H15NO4S. The monoisotopic (exact) mass is 305 g/mol. The van der Waals surface area contributed by atoms with Crippen molar-refractivity contribution < 1.29 is 19.4 Å². The van der Waals surface area contributed by atoms with Gasteiger partial charge in [0.15, 0.2) is 17.2 Å². The summed E-state index contributed by atoms with van der Waals surface area (Å²) >= 11 is 1.41. The highest BCUT2D eigenvalue weighted by Crippen LogP contribution is 2.39. The molecule has 0 radical (unpaired) electrons. The summed E-state index contributed by atoms with van der Waals surface area (Å²) in [5.41, 5.74) is 0.890. The number of carboxylic acids is 1. The summed E-state index contributed by atoms with van der Waals surface area (Å²) in [6.07, 6.45) is 0. The minimum absolute atomic E-state index is 0.0976. The molecule has 0 spiro atoms. The lowest BCUT2D eigenvalue weighted by molar-refractivity contribution is 0.0692. The molecule has 0 fully saturated rings. The lowest BCUT2D eigenvalue weighted by Gasteiger charge is -2.18. The summed E-state index contributed by atoms with van der Waals surface area (Å²) in [6.45, 7) is 5.03. The third kappa shape index (κ3) is 2.58.